The Balaban J connectivity index is 2.52. The van der Waals surface area contributed by atoms with Crippen LogP contribution in [0.2, 0.25) is 0 Å². The Morgan fingerprint density at radius 1 is 1.44 bits per heavy atom. The quantitative estimate of drug-likeness (QED) is 0.847. The zero-order chi connectivity index (χ0) is 13.1. The van der Waals surface area contributed by atoms with Gasteiger partial charge in [-0.25, -0.2) is 9.37 Å². The predicted molar refractivity (Wildman–Crippen MR) is 68.5 cm³/mol. The lowest BCUT2D eigenvalue weighted by molar-refractivity contribution is 0.415. The SMILES string of the molecule is CCCc1nccn1-c1cc(OC)c(N)cc1F. The second kappa shape index (κ2) is 5.08. The van der Waals surface area contributed by atoms with Crippen molar-refractivity contribution >= 4 is 5.69 Å². The van der Waals surface area contributed by atoms with Crippen LogP contribution in [0.1, 0.15) is 19.2 Å². The number of methoxy groups -OCH3 is 1. The third-order valence-corrected chi connectivity index (χ3v) is 2.75. The van der Waals surface area contributed by atoms with Gasteiger partial charge in [-0.15, -0.1) is 0 Å². The summed E-state index contributed by atoms with van der Waals surface area (Å²) in [5, 5.41) is 0. The summed E-state index contributed by atoms with van der Waals surface area (Å²) in [7, 11) is 1.51. The van der Waals surface area contributed by atoms with Crippen LogP contribution >= 0.6 is 0 Å². The fourth-order valence-corrected chi connectivity index (χ4v) is 1.88. The average molecular weight is 249 g/mol. The van der Waals surface area contributed by atoms with Gasteiger partial charge < -0.3 is 15.0 Å². The summed E-state index contributed by atoms with van der Waals surface area (Å²) in [5.41, 5.74) is 6.35. The molecule has 0 unspecified atom stereocenters. The van der Waals surface area contributed by atoms with E-state index < -0.39 is 0 Å². The van der Waals surface area contributed by atoms with Gasteiger partial charge in [0.1, 0.15) is 17.4 Å². The first-order valence-corrected chi connectivity index (χ1v) is 5.83. The highest BCUT2D eigenvalue weighted by Crippen LogP contribution is 2.28. The Labute approximate surface area is 105 Å². The van der Waals surface area contributed by atoms with Crippen molar-refractivity contribution in [3.05, 3.63) is 36.2 Å². The first-order chi connectivity index (χ1) is 8.67. The van der Waals surface area contributed by atoms with Gasteiger partial charge in [-0.3, -0.25) is 0 Å². The normalized spacial score (nSPS) is 10.6. The summed E-state index contributed by atoms with van der Waals surface area (Å²) < 4.78 is 20.8. The number of nitrogens with zero attached hydrogens (tertiary/aromatic N) is 2. The number of halogens is 1. The molecule has 4 nitrogen and oxygen atoms in total. The summed E-state index contributed by atoms with van der Waals surface area (Å²) in [6, 6.07) is 2.86. The molecule has 0 saturated heterocycles. The predicted octanol–water partition coefficient (Wildman–Crippen LogP) is 2.55. The van der Waals surface area contributed by atoms with Crippen molar-refractivity contribution in [2.75, 3.05) is 12.8 Å². The van der Waals surface area contributed by atoms with Gasteiger partial charge >= 0.3 is 0 Å². The molecule has 0 saturated carbocycles. The molecule has 2 aromatic rings. The summed E-state index contributed by atoms with van der Waals surface area (Å²) in [4.78, 5) is 4.23. The van der Waals surface area contributed by atoms with E-state index in [0.29, 0.717) is 11.4 Å². The lowest BCUT2D eigenvalue weighted by atomic mass is 10.2. The number of nitrogen functional groups attached to an aromatic ring is 1. The Morgan fingerprint density at radius 3 is 2.89 bits per heavy atom. The van der Waals surface area contributed by atoms with Crippen molar-refractivity contribution in [2.45, 2.75) is 19.8 Å². The smallest absolute Gasteiger partial charge is 0.149 e. The van der Waals surface area contributed by atoms with E-state index in [1.165, 1.54) is 13.2 Å². The van der Waals surface area contributed by atoms with Gasteiger partial charge in [-0.05, 0) is 6.42 Å². The Bertz CT molecular complexity index is 551. The first-order valence-electron chi connectivity index (χ1n) is 5.83. The van der Waals surface area contributed by atoms with E-state index in [-0.39, 0.29) is 11.5 Å². The maximum Gasteiger partial charge on any atom is 0.149 e. The van der Waals surface area contributed by atoms with Gasteiger partial charge in [0, 0.05) is 30.9 Å². The molecular weight excluding hydrogens is 233 g/mol. The first kappa shape index (κ1) is 12.4. The van der Waals surface area contributed by atoms with Gasteiger partial charge in [-0.1, -0.05) is 6.92 Å². The second-order valence-electron chi connectivity index (χ2n) is 4.01. The van der Waals surface area contributed by atoms with Gasteiger partial charge in [0.2, 0.25) is 0 Å². The summed E-state index contributed by atoms with van der Waals surface area (Å²) in [6.45, 7) is 2.05. The van der Waals surface area contributed by atoms with Crippen molar-refractivity contribution in [1.29, 1.82) is 0 Å². The van der Waals surface area contributed by atoms with Crippen molar-refractivity contribution in [1.82, 2.24) is 9.55 Å². The molecule has 0 fully saturated rings. The maximum atomic E-state index is 14.0. The van der Waals surface area contributed by atoms with Crippen molar-refractivity contribution in [2.24, 2.45) is 0 Å². The molecule has 0 spiro atoms. The summed E-state index contributed by atoms with van der Waals surface area (Å²) in [6.07, 6.45) is 5.14. The van der Waals surface area contributed by atoms with E-state index >= 15 is 0 Å². The van der Waals surface area contributed by atoms with Crippen LogP contribution in [-0.2, 0) is 6.42 Å². The van der Waals surface area contributed by atoms with Crippen molar-refractivity contribution in [3.8, 4) is 11.4 Å². The molecule has 0 amide bonds. The zero-order valence-corrected chi connectivity index (χ0v) is 10.5. The molecule has 1 aromatic heterocycles. The van der Waals surface area contributed by atoms with Crippen LogP contribution in [0.25, 0.3) is 5.69 Å². The maximum absolute atomic E-state index is 14.0. The van der Waals surface area contributed by atoms with E-state index in [4.69, 9.17) is 10.5 Å². The molecule has 96 valence electrons. The van der Waals surface area contributed by atoms with E-state index in [2.05, 4.69) is 11.9 Å². The van der Waals surface area contributed by atoms with E-state index in [0.717, 1.165) is 18.7 Å². The minimum absolute atomic E-state index is 0.288. The topological polar surface area (TPSA) is 53.1 Å². The van der Waals surface area contributed by atoms with Crippen LogP contribution in [0, 0.1) is 5.82 Å². The lowest BCUT2D eigenvalue weighted by Gasteiger charge is -2.12. The third-order valence-electron chi connectivity index (χ3n) is 2.75. The highest BCUT2D eigenvalue weighted by atomic mass is 19.1. The molecule has 0 aliphatic heterocycles. The molecular formula is C13H16FN3O. The van der Waals surface area contributed by atoms with Gasteiger partial charge in [0.05, 0.1) is 18.5 Å². The molecule has 18 heavy (non-hydrogen) atoms. The fraction of sp³-hybridized carbons (Fsp3) is 0.308. The largest absolute Gasteiger partial charge is 0.495 e. The number of anilines is 1. The fourth-order valence-electron chi connectivity index (χ4n) is 1.88. The van der Waals surface area contributed by atoms with Crippen LogP contribution in [0.5, 0.6) is 5.75 Å². The Morgan fingerprint density at radius 2 is 2.22 bits per heavy atom. The van der Waals surface area contributed by atoms with E-state index in [1.807, 2.05) is 0 Å². The number of rotatable bonds is 4. The van der Waals surface area contributed by atoms with Crippen molar-refractivity contribution in [3.63, 3.8) is 0 Å². The number of aryl methyl sites for hydroxylation is 1. The molecule has 0 aliphatic carbocycles. The third kappa shape index (κ3) is 2.16. The summed E-state index contributed by atoms with van der Waals surface area (Å²) >= 11 is 0. The summed E-state index contributed by atoms with van der Waals surface area (Å²) in [5.74, 6) is 0.898. The standard InChI is InChI=1S/C13H16FN3O/c1-3-4-13-16-5-6-17(13)11-8-12(18-2)10(15)7-9(11)14/h5-8H,3-4,15H2,1-2H3. The van der Waals surface area contributed by atoms with E-state index in [1.54, 1.807) is 23.0 Å². The van der Waals surface area contributed by atoms with Crippen molar-refractivity contribution < 1.29 is 9.13 Å². The number of nitrogens with two attached hydrogens (primary N) is 1. The van der Waals surface area contributed by atoms with Crippen LogP contribution in [0.15, 0.2) is 24.5 Å². The average Bonchev–Trinajstić information content (AvgIpc) is 2.78. The molecule has 2 N–H and O–H groups in total. The number of imidazole rings is 1. The van der Waals surface area contributed by atoms with E-state index in [9.17, 15) is 4.39 Å². The van der Waals surface area contributed by atoms with Gasteiger partial charge in [0.15, 0.2) is 0 Å². The Kier molecular flexibility index (Phi) is 3.50. The minimum atomic E-state index is -0.386. The number of hydrogen-bond acceptors (Lipinski definition) is 3. The monoisotopic (exact) mass is 249 g/mol. The minimum Gasteiger partial charge on any atom is -0.495 e. The Hall–Kier alpha value is -2.04. The zero-order valence-electron chi connectivity index (χ0n) is 10.5. The molecule has 0 atom stereocenters. The molecule has 0 radical (unpaired) electrons. The van der Waals surface area contributed by atoms with Gasteiger partial charge in [0.25, 0.3) is 0 Å². The van der Waals surface area contributed by atoms with Gasteiger partial charge in [-0.2, -0.15) is 0 Å². The highest BCUT2D eigenvalue weighted by molar-refractivity contribution is 5.58. The van der Waals surface area contributed by atoms with Crippen LogP contribution in [0.4, 0.5) is 10.1 Å². The number of benzene rings is 1. The molecule has 1 heterocycles. The van der Waals surface area contributed by atoms with Crippen LogP contribution in [-0.4, -0.2) is 16.7 Å². The van der Waals surface area contributed by atoms with Crippen LogP contribution < -0.4 is 10.5 Å². The lowest BCUT2D eigenvalue weighted by Crippen LogP contribution is -2.04. The molecule has 0 aliphatic rings. The molecule has 2 rings (SSSR count). The molecule has 0 bridgehead atoms. The molecule has 5 heteroatoms. The van der Waals surface area contributed by atoms with Crippen LogP contribution in [0.3, 0.4) is 0 Å². The molecule has 1 aromatic carbocycles. The number of ether oxygens (including phenoxy) is 1. The second-order valence-corrected chi connectivity index (χ2v) is 4.01. The number of hydrogen-bond donors (Lipinski definition) is 1. The number of aromatic nitrogens is 2. The highest BCUT2D eigenvalue weighted by Gasteiger charge is 2.12.